The maximum Gasteiger partial charge on any atom is 0.414 e. The summed E-state index contributed by atoms with van der Waals surface area (Å²) in [6.45, 7) is 1.67. The van der Waals surface area contributed by atoms with Crippen LogP contribution in [0.25, 0.3) is 0 Å². The highest BCUT2D eigenvalue weighted by Crippen LogP contribution is 2.34. The van der Waals surface area contributed by atoms with Gasteiger partial charge in [-0.1, -0.05) is 0 Å². The van der Waals surface area contributed by atoms with Gasteiger partial charge < -0.3 is 14.8 Å². The van der Waals surface area contributed by atoms with Crippen LogP contribution in [0.15, 0.2) is 12.1 Å². The molecule has 2 aliphatic heterocycles. The van der Waals surface area contributed by atoms with E-state index in [4.69, 9.17) is 9.47 Å². The van der Waals surface area contributed by atoms with E-state index in [1.807, 2.05) is 0 Å². The lowest BCUT2D eigenvalue weighted by atomic mass is 10.1. The van der Waals surface area contributed by atoms with E-state index >= 15 is 0 Å². The number of ether oxygens (including phenoxy) is 2. The van der Waals surface area contributed by atoms with Crippen LogP contribution in [0.5, 0.6) is 0 Å². The summed E-state index contributed by atoms with van der Waals surface area (Å²) in [6.07, 6.45) is -1.77. The van der Waals surface area contributed by atoms with Crippen LogP contribution in [0.4, 0.5) is 25.4 Å². The predicted octanol–water partition coefficient (Wildman–Crippen LogP) is 1.37. The summed E-state index contributed by atoms with van der Waals surface area (Å²) < 4.78 is 24.5. The minimum absolute atomic E-state index is 0.0680. The van der Waals surface area contributed by atoms with Gasteiger partial charge in [-0.2, -0.15) is 0 Å². The quantitative estimate of drug-likeness (QED) is 0.900. The van der Waals surface area contributed by atoms with Gasteiger partial charge in [-0.3, -0.25) is 14.6 Å². The van der Waals surface area contributed by atoms with Gasteiger partial charge in [-0.25, -0.2) is 14.0 Å². The number of hydrogen-bond donors (Lipinski definition) is 1. The molecule has 2 aliphatic rings. The molecule has 128 valence electrons. The molecule has 0 aromatic heterocycles. The molecule has 8 nitrogen and oxygen atoms in total. The summed E-state index contributed by atoms with van der Waals surface area (Å²) in [4.78, 5) is 36.8. The van der Waals surface area contributed by atoms with Crippen LogP contribution >= 0.6 is 0 Å². The molecule has 2 heterocycles. The third kappa shape index (κ3) is 2.84. The lowest BCUT2D eigenvalue weighted by Gasteiger charge is -2.27. The Morgan fingerprint density at radius 2 is 2.12 bits per heavy atom. The van der Waals surface area contributed by atoms with Crippen molar-refractivity contribution in [3.05, 3.63) is 23.5 Å². The molecule has 1 aromatic carbocycles. The van der Waals surface area contributed by atoms with Crippen LogP contribution in [-0.4, -0.2) is 44.3 Å². The Morgan fingerprint density at radius 3 is 2.83 bits per heavy atom. The van der Waals surface area contributed by atoms with Gasteiger partial charge in [0.05, 0.1) is 24.5 Å². The maximum absolute atomic E-state index is 14.4. The van der Waals surface area contributed by atoms with Crippen molar-refractivity contribution in [3.8, 4) is 0 Å². The largest absolute Gasteiger partial charge is 0.444 e. The summed E-state index contributed by atoms with van der Waals surface area (Å²) in [5.41, 5.74) is 0.912. The molecule has 0 spiro atoms. The fraction of sp³-hybridized carbons (Fsp3) is 0.400. The first-order valence-electron chi connectivity index (χ1n) is 7.32. The molecule has 9 heteroatoms. The number of carbonyl (C=O) groups is 3. The van der Waals surface area contributed by atoms with E-state index < -0.39 is 24.1 Å². The molecule has 1 aromatic rings. The smallest absolute Gasteiger partial charge is 0.414 e. The molecule has 0 bridgehead atoms. The third-order valence-electron chi connectivity index (χ3n) is 3.85. The highest BCUT2D eigenvalue weighted by molar-refractivity contribution is 5.93. The Bertz CT molecular complexity index is 723. The predicted molar refractivity (Wildman–Crippen MR) is 81.3 cm³/mol. The normalized spacial score (nSPS) is 19.7. The minimum Gasteiger partial charge on any atom is -0.444 e. The van der Waals surface area contributed by atoms with E-state index in [1.165, 1.54) is 24.9 Å². The zero-order valence-corrected chi connectivity index (χ0v) is 13.2. The number of fused-ring (bicyclic) bond motifs is 1. The summed E-state index contributed by atoms with van der Waals surface area (Å²) in [7, 11) is 1.41. The topological polar surface area (TPSA) is 88.2 Å². The fourth-order valence-corrected chi connectivity index (χ4v) is 2.71. The van der Waals surface area contributed by atoms with Crippen molar-refractivity contribution in [3.63, 3.8) is 0 Å². The molecule has 1 saturated heterocycles. The van der Waals surface area contributed by atoms with Gasteiger partial charge in [-0.15, -0.1) is 0 Å². The average molecular weight is 337 g/mol. The Kier molecular flexibility index (Phi) is 4.00. The Hall–Kier alpha value is -2.84. The number of carbonyl (C=O) groups excluding carboxylic acids is 3. The first kappa shape index (κ1) is 16.0. The molecule has 24 heavy (non-hydrogen) atoms. The number of anilines is 2. The van der Waals surface area contributed by atoms with Gasteiger partial charge in [0.1, 0.15) is 18.5 Å². The van der Waals surface area contributed by atoms with Crippen molar-refractivity contribution >= 4 is 29.5 Å². The second-order valence-corrected chi connectivity index (χ2v) is 5.60. The number of rotatable bonds is 3. The Balaban J connectivity index is 1.83. The van der Waals surface area contributed by atoms with Crippen LogP contribution in [0.1, 0.15) is 12.5 Å². The lowest BCUT2D eigenvalue weighted by Crippen LogP contribution is -2.34. The molecule has 1 fully saturated rings. The van der Waals surface area contributed by atoms with E-state index in [1.54, 1.807) is 6.07 Å². The third-order valence-corrected chi connectivity index (χ3v) is 3.85. The summed E-state index contributed by atoms with van der Waals surface area (Å²) in [5.74, 6) is -0.853. The summed E-state index contributed by atoms with van der Waals surface area (Å²) in [5, 5.41) is 2.57. The molecular formula is C15H16FN3O5. The monoisotopic (exact) mass is 337 g/mol. The molecule has 3 amide bonds. The Labute approximate surface area is 137 Å². The molecule has 1 atom stereocenters. The summed E-state index contributed by atoms with van der Waals surface area (Å²) in [6, 6.07) is 2.76. The number of nitrogens with zero attached hydrogens (tertiary/aromatic N) is 2. The number of cyclic esters (lactones) is 2. The lowest BCUT2D eigenvalue weighted by molar-refractivity contribution is -0.119. The van der Waals surface area contributed by atoms with Gasteiger partial charge in [0.2, 0.25) is 5.91 Å². The minimum atomic E-state index is -0.634. The van der Waals surface area contributed by atoms with E-state index in [2.05, 4.69) is 5.32 Å². The van der Waals surface area contributed by atoms with Gasteiger partial charge in [0.25, 0.3) is 0 Å². The second kappa shape index (κ2) is 5.99. The van der Waals surface area contributed by atoms with Crippen LogP contribution in [0, 0.1) is 5.82 Å². The Morgan fingerprint density at radius 1 is 1.38 bits per heavy atom. The summed E-state index contributed by atoms with van der Waals surface area (Å²) >= 11 is 0. The number of hydrogen-bond acceptors (Lipinski definition) is 5. The van der Waals surface area contributed by atoms with Crippen LogP contribution in [-0.2, 0) is 20.9 Å². The number of amides is 3. The first-order valence-corrected chi connectivity index (χ1v) is 7.32. The second-order valence-electron chi connectivity index (χ2n) is 5.60. The standard InChI is InChI=1S/C15H16FN3O5/c1-8(20)17-5-11-6-19(15(22)24-11)10-3-9-7-23-14(21)18(2)13(9)12(16)4-10/h3-4,11H,5-7H2,1-2H3,(H,17,20)/t11-/m0/s1. The van der Waals surface area contributed by atoms with E-state index in [9.17, 15) is 18.8 Å². The van der Waals surface area contributed by atoms with Gasteiger partial charge in [-0.05, 0) is 12.1 Å². The van der Waals surface area contributed by atoms with Crippen LogP contribution in [0.3, 0.4) is 0 Å². The number of halogens is 1. The van der Waals surface area contributed by atoms with Gasteiger partial charge in [0, 0.05) is 19.5 Å². The molecule has 1 N–H and O–H groups in total. The zero-order valence-electron chi connectivity index (χ0n) is 13.2. The van der Waals surface area contributed by atoms with Gasteiger partial charge >= 0.3 is 12.2 Å². The van der Waals surface area contributed by atoms with Crippen molar-refractivity contribution in [2.75, 3.05) is 29.9 Å². The highest BCUT2D eigenvalue weighted by Gasteiger charge is 2.34. The molecule has 3 rings (SSSR count). The molecular weight excluding hydrogens is 321 g/mol. The zero-order chi connectivity index (χ0) is 17.4. The maximum atomic E-state index is 14.4. The molecule has 0 radical (unpaired) electrons. The molecule has 0 aliphatic carbocycles. The molecule has 0 saturated carbocycles. The SMILES string of the molecule is CC(=O)NC[C@H]1CN(c2cc(F)c3c(c2)COC(=O)N3C)C(=O)O1. The first-order chi connectivity index (χ1) is 11.4. The van der Waals surface area contributed by atoms with Gasteiger partial charge in [0.15, 0.2) is 0 Å². The van der Waals surface area contributed by atoms with Crippen LogP contribution in [0.2, 0.25) is 0 Å². The van der Waals surface area contributed by atoms with Crippen molar-refractivity contribution in [2.45, 2.75) is 19.6 Å². The highest BCUT2D eigenvalue weighted by atomic mass is 19.1. The van der Waals surface area contributed by atoms with Crippen LogP contribution < -0.4 is 15.1 Å². The van der Waals surface area contributed by atoms with E-state index in [0.29, 0.717) is 11.3 Å². The number of benzene rings is 1. The molecule has 0 unspecified atom stereocenters. The van der Waals surface area contributed by atoms with E-state index in [0.717, 1.165) is 4.90 Å². The van der Waals surface area contributed by atoms with Crippen molar-refractivity contribution in [1.82, 2.24) is 5.32 Å². The average Bonchev–Trinajstić information content (AvgIpc) is 2.89. The fourth-order valence-electron chi connectivity index (χ4n) is 2.71. The van der Waals surface area contributed by atoms with E-state index in [-0.39, 0.29) is 31.3 Å². The van der Waals surface area contributed by atoms with Crippen molar-refractivity contribution in [2.24, 2.45) is 0 Å². The number of nitrogens with one attached hydrogen (secondary N) is 1. The van der Waals surface area contributed by atoms with Crippen molar-refractivity contribution < 1.29 is 28.2 Å². The van der Waals surface area contributed by atoms with Crippen molar-refractivity contribution in [1.29, 1.82) is 0 Å².